The van der Waals surface area contributed by atoms with Crippen LogP contribution < -0.4 is 4.74 Å². The van der Waals surface area contributed by atoms with Gasteiger partial charge in [0, 0.05) is 17.2 Å². The van der Waals surface area contributed by atoms with Gasteiger partial charge in [-0.1, -0.05) is 13.3 Å². The summed E-state index contributed by atoms with van der Waals surface area (Å²) in [4.78, 5) is 12.0. The Bertz CT molecular complexity index is 1080. The van der Waals surface area contributed by atoms with E-state index in [9.17, 15) is 18.0 Å². The SMILES string of the molecule is CCCCOC(=O)/C=C/c1c(C(F)F)nn(-c2ccc(OC)cc2)c1-c1ccc(F)cc1. The quantitative estimate of drug-likeness (QED) is 0.231. The highest BCUT2D eigenvalue weighted by molar-refractivity contribution is 5.89. The van der Waals surface area contributed by atoms with Gasteiger partial charge in [-0.15, -0.1) is 0 Å². The van der Waals surface area contributed by atoms with Crippen molar-refractivity contribution < 1.29 is 27.4 Å². The smallest absolute Gasteiger partial charge is 0.330 e. The lowest BCUT2D eigenvalue weighted by Gasteiger charge is -2.10. The molecule has 0 unspecified atom stereocenters. The summed E-state index contributed by atoms with van der Waals surface area (Å²) in [5.41, 5.74) is 0.800. The zero-order valence-electron chi connectivity index (χ0n) is 17.7. The Hall–Kier alpha value is -3.55. The van der Waals surface area contributed by atoms with Crippen molar-refractivity contribution in [2.75, 3.05) is 13.7 Å². The van der Waals surface area contributed by atoms with Gasteiger partial charge in [0.15, 0.2) is 0 Å². The van der Waals surface area contributed by atoms with Crippen molar-refractivity contribution in [3.63, 3.8) is 0 Å². The lowest BCUT2D eigenvalue weighted by molar-refractivity contribution is -0.137. The van der Waals surface area contributed by atoms with Crippen molar-refractivity contribution in [2.24, 2.45) is 0 Å². The molecule has 1 aromatic heterocycles. The number of benzene rings is 2. The van der Waals surface area contributed by atoms with E-state index in [0.29, 0.717) is 29.1 Å². The van der Waals surface area contributed by atoms with Crippen molar-refractivity contribution in [1.82, 2.24) is 9.78 Å². The number of hydrogen-bond acceptors (Lipinski definition) is 4. The van der Waals surface area contributed by atoms with Gasteiger partial charge in [0.25, 0.3) is 6.43 Å². The summed E-state index contributed by atoms with van der Waals surface area (Å²) in [6, 6.07) is 12.1. The summed E-state index contributed by atoms with van der Waals surface area (Å²) in [6.07, 6.45) is 1.03. The average Bonchev–Trinajstić information content (AvgIpc) is 3.18. The molecule has 0 N–H and O–H groups in total. The highest BCUT2D eigenvalue weighted by atomic mass is 19.3. The number of carbonyl (C=O) groups is 1. The number of rotatable bonds is 9. The Morgan fingerprint density at radius 3 is 2.41 bits per heavy atom. The monoisotopic (exact) mass is 444 g/mol. The Balaban J connectivity index is 2.13. The number of halogens is 3. The van der Waals surface area contributed by atoms with E-state index >= 15 is 0 Å². The third kappa shape index (κ3) is 5.38. The molecule has 0 saturated carbocycles. The Kier molecular flexibility index (Phi) is 7.70. The molecule has 0 bridgehead atoms. The first-order valence-corrected chi connectivity index (χ1v) is 10.1. The van der Waals surface area contributed by atoms with Crippen molar-refractivity contribution in [1.29, 1.82) is 0 Å². The van der Waals surface area contributed by atoms with Crippen LogP contribution in [0.15, 0.2) is 54.6 Å². The van der Waals surface area contributed by atoms with E-state index in [1.54, 1.807) is 24.3 Å². The molecule has 0 radical (unpaired) electrons. The second-order valence-electron chi connectivity index (χ2n) is 6.92. The first kappa shape index (κ1) is 23.1. The zero-order valence-corrected chi connectivity index (χ0v) is 17.7. The van der Waals surface area contributed by atoms with Crippen LogP contribution in [0.4, 0.5) is 13.2 Å². The Morgan fingerprint density at radius 2 is 1.81 bits per heavy atom. The Morgan fingerprint density at radius 1 is 1.12 bits per heavy atom. The minimum Gasteiger partial charge on any atom is -0.497 e. The van der Waals surface area contributed by atoms with Crippen molar-refractivity contribution in [2.45, 2.75) is 26.2 Å². The van der Waals surface area contributed by atoms with Crippen LogP contribution in [0.3, 0.4) is 0 Å². The summed E-state index contributed by atoms with van der Waals surface area (Å²) in [6.45, 7) is 2.21. The fraction of sp³-hybridized carbons (Fsp3) is 0.250. The van der Waals surface area contributed by atoms with Crippen LogP contribution in [0, 0.1) is 5.82 Å². The maximum Gasteiger partial charge on any atom is 0.330 e. The van der Waals surface area contributed by atoms with E-state index in [0.717, 1.165) is 12.5 Å². The molecule has 0 fully saturated rings. The van der Waals surface area contributed by atoms with Gasteiger partial charge in [0.1, 0.15) is 17.3 Å². The first-order chi connectivity index (χ1) is 15.4. The minimum atomic E-state index is -2.90. The maximum absolute atomic E-state index is 13.9. The maximum atomic E-state index is 13.9. The first-order valence-electron chi connectivity index (χ1n) is 10.1. The van der Waals surface area contributed by atoms with E-state index < -0.39 is 23.9 Å². The highest BCUT2D eigenvalue weighted by Crippen LogP contribution is 2.35. The van der Waals surface area contributed by atoms with Crippen molar-refractivity contribution in [3.05, 3.63) is 71.7 Å². The summed E-state index contributed by atoms with van der Waals surface area (Å²) in [5, 5.41) is 4.12. The number of aromatic nitrogens is 2. The van der Waals surface area contributed by atoms with Crippen molar-refractivity contribution >= 4 is 12.0 Å². The molecule has 0 atom stereocenters. The molecule has 0 amide bonds. The summed E-state index contributed by atoms with van der Waals surface area (Å²) < 4.78 is 52.9. The number of ether oxygens (including phenoxy) is 2. The van der Waals surface area contributed by atoms with Crippen LogP contribution in [0.25, 0.3) is 23.0 Å². The third-order valence-corrected chi connectivity index (χ3v) is 4.72. The number of alkyl halides is 2. The second kappa shape index (κ2) is 10.7. The van der Waals surface area contributed by atoms with Crippen LogP contribution in [0.1, 0.15) is 37.4 Å². The zero-order chi connectivity index (χ0) is 23.1. The second-order valence-corrected chi connectivity index (χ2v) is 6.92. The topological polar surface area (TPSA) is 53.3 Å². The van der Waals surface area contributed by atoms with Gasteiger partial charge in [0.05, 0.1) is 25.1 Å². The number of unbranched alkanes of at least 4 members (excludes halogenated alkanes) is 1. The van der Waals surface area contributed by atoms with Crippen LogP contribution in [-0.2, 0) is 9.53 Å². The Labute approximate surface area is 184 Å². The standard InChI is InChI=1S/C24H23F3N2O3/c1-3-4-15-32-21(30)14-13-20-22(24(26)27)28-29(18-9-11-19(31-2)12-10-18)23(20)16-5-7-17(25)8-6-16/h5-14,24H,3-4,15H2,1-2H3/b14-13+. The predicted molar refractivity (Wildman–Crippen MR) is 115 cm³/mol. The molecular formula is C24H23F3N2O3. The van der Waals surface area contributed by atoms with E-state index in [1.807, 2.05) is 6.92 Å². The molecule has 32 heavy (non-hydrogen) atoms. The molecule has 0 saturated heterocycles. The molecular weight excluding hydrogens is 421 g/mol. The fourth-order valence-corrected chi connectivity index (χ4v) is 3.08. The minimum absolute atomic E-state index is 0.0508. The molecule has 0 spiro atoms. The number of carbonyl (C=O) groups excluding carboxylic acids is 1. The van der Waals surface area contributed by atoms with Gasteiger partial charge in [-0.3, -0.25) is 0 Å². The number of nitrogens with zero attached hydrogens (tertiary/aromatic N) is 2. The molecule has 3 rings (SSSR count). The molecule has 0 aliphatic rings. The van der Waals surface area contributed by atoms with E-state index in [4.69, 9.17) is 9.47 Å². The van der Waals surface area contributed by atoms with Crippen LogP contribution >= 0.6 is 0 Å². The molecule has 2 aromatic carbocycles. The van der Waals surface area contributed by atoms with Crippen LogP contribution in [0.2, 0.25) is 0 Å². The molecule has 3 aromatic rings. The van der Waals surface area contributed by atoms with E-state index in [2.05, 4.69) is 5.10 Å². The average molecular weight is 444 g/mol. The predicted octanol–water partition coefficient (Wildman–Crippen LogP) is 5.98. The number of methoxy groups -OCH3 is 1. The normalized spacial score (nSPS) is 11.3. The highest BCUT2D eigenvalue weighted by Gasteiger charge is 2.24. The van der Waals surface area contributed by atoms with Gasteiger partial charge < -0.3 is 9.47 Å². The number of esters is 1. The van der Waals surface area contributed by atoms with Gasteiger partial charge >= 0.3 is 5.97 Å². The van der Waals surface area contributed by atoms with Gasteiger partial charge in [0.2, 0.25) is 0 Å². The summed E-state index contributed by atoms with van der Waals surface area (Å²) >= 11 is 0. The van der Waals surface area contributed by atoms with Gasteiger partial charge in [-0.2, -0.15) is 5.10 Å². The van der Waals surface area contributed by atoms with E-state index in [-0.39, 0.29) is 12.2 Å². The number of hydrogen-bond donors (Lipinski definition) is 0. The summed E-state index contributed by atoms with van der Waals surface area (Å²) in [7, 11) is 1.52. The fourth-order valence-electron chi connectivity index (χ4n) is 3.08. The molecule has 0 aliphatic carbocycles. The molecule has 0 aliphatic heterocycles. The molecule has 168 valence electrons. The molecule has 5 nitrogen and oxygen atoms in total. The summed E-state index contributed by atoms with van der Waals surface area (Å²) in [5.74, 6) is -0.510. The van der Waals surface area contributed by atoms with Crippen LogP contribution in [0.5, 0.6) is 5.75 Å². The van der Waals surface area contributed by atoms with Gasteiger partial charge in [-0.25, -0.2) is 22.6 Å². The van der Waals surface area contributed by atoms with Gasteiger partial charge in [-0.05, 0) is 61.0 Å². The third-order valence-electron chi connectivity index (χ3n) is 4.72. The van der Waals surface area contributed by atoms with Crippen molar-refractivity contribution in [3.8, 4) is 22.7 Å². The molecule has 8 heteroatoms. The molecule has 1 heterocycles. The van der Waals surface area contributed by atoms with Crippen LogP contribution in [-0.4, -0.2) is 29.5 Å². The van der Waals surface area contributed by atoms with E-state index in [1.165, 1.54) is 42.1 Å². The lowest BCUT2D eigenvalue weighted by atomic mass is 10.0. The largest absolute Gasteiger partial charge is 0.497 e. The lowest BCUT2D eigenvalue weighted by Crippen LogP contribution is -2.02.